The summed E-state index contributed by atoms with van der Waals surface area (Å²) in [4.78, 5) is 22.4. The summed E-state index contributed by atoms with van der Waals surface area (Å²) >= 11 is 5.97. The van der Waals surface area contributed by atoms with E-state index < -0.39 is 36.5 Å². The number of alkyl halides is 2. The van der Waals surface area contributed by atoms with Crippen molar-refractivity contribution in [2.24, 2.45) is 15.9 Å². The van der Waals surface area contributed by atoms with Crippen LogP contribution in [-0.4, -0.2) is 60.3 Å². The van der Waals surface area contributed by atoms with Gasteiger partial charge in [-0.3, -0.25) is 4.79 Å². The van der Waals surface area contributed by atoms with E-state index in [-0.39, 0.29) is 22.9 Å². The van der Waals surface area contributed by atoms with Gasteiger partial charge >= 0.3 is 0 Å². The largest absolute Gasteiger partial charge is 0.492 e. The van der Waals surface area contributed by atoms with Crippen molar-refractivity contribution in [2.75, 3.05) is 26.9 Å². The van der Waals surface area contributed by atoms with E-state index in [2.05, 4.69) is 15.4 Å². The molecule has 3 heterocycles. The number of halogens is 4. The van der Waals surface area contributed by atoms with Crippen LogP contribution in [0.3, 0.4) is 0 Å². The lowest BCUT2D eigenvalue weighted by Gasteiger charge is -2.41. The SMILES string of the molecule is COc1c(F)cc(C(=O)N2CC(C3=CC(C)=NC4=NCNN34)CC(F)(F)C2)cc1Cl. The molecule has 0 bridgehead atoms. The molecule has 160 valence electrons. The predicted octanol–water partition coefficient (Wildman–Crippen LogP) is 3.08. The molecule has 0 saturated carbocycles. The summed E-state index contributed by atoms with van der Waals surface area (Å²) in [6, 6.07) is 2.16. The number of allylic oxidation sites excluding steroid dienone is 1. The number of ether oxygens (including phenoxy) is 1. The van der Waals surface area contributed by atoms with E-state index in [0.29, 0.717) is 24.0 Å². The van der Waals surface area contributed by atoms with E-state index in [1.165, 1.54) is 13.2 Å². The molecule has 4 rings (SSSR count). The zero-order chi connectivity index (χ0) is 21.6. The number of nitrogens with one attached hydrogen (secondary N) is 1. The van der Waals surface area contributed by atoms with Gasteiger partial charge in [-0.25, -0.2) is 33.6 Å². The second-order valence-corrected chi connectivity index (χ2v) is 7.76. The molecule has 0 aliphatic carbocycles. The van der Waals surface area contributed by atoms with Gasteiger partial charge in [0, 0.05) is 35.9 Å². The highest BCUT2D eigenvalue weighted by Crippen LogP contribution is 2.37. The third kappa shape index (κ3) is 3.77. The number of piperidine rings is 1. The van der Waals surface area contributed by atoms with Crippen molar-refractivity contribution in [3.05, 3.63) is 40.3 Å². The lowest BCUT2D eigenvalue weighted by atomic mass is 9.90. The highest BCUT2D eigenvalue weighted by atomic mass is 35.5. The van der Waals surface area contributed by atoms with E-state index in [1.807, 2.05) is 0 Å². The number of carbonyl (C=O) groups is 1. The first-order valence-corrected chi connectivity index (χ1v) is 9.61. The fourth-order valence-corrected chi connectivity index (χ4v) is 4.18. The molecule has 1 unspecified atom stereocenters. The third-order valence-corrected chi connectivity index (χ3v) is 5.38. The Morgan fingerprint density at radius 3 is 2.87 bits per heavy atom. The van der Waals surface area contributed by atoms with Crippen LogP contribution in [0.1, 0.15) is 23.7 Å². The molecular weight excluding hydrogens is 423 g/mol. The van der Waals surface area contributed by atoms with Gasteiger partial charge in [-0.2, -0.15) is 0 Å². The van der Waals surface area contributed by atoms with Crippen LogP contribution >= 0.6 is 11.6 Å². The number of rotatable bonds is 3. The Kier molecular flexibility index (Phi) is 5.23. The molecule has 1 fully saturated rings. The van der Waals surface area contributed by atoms with Crippen LogP contribution in [-0.2, 0) is 0 Å². The Balaban J connectivity index is 1.63. The van der Waals surface area contributed by atoms with Gasteiger partial charge in [-0.05, 0) is 25.1 Å². The fourth-order valence-electron chi connectivity index (χ4n) is 3.89. The maximum absolute atomic E-state index is 14.6. The van der Waals surface area contributed by atoms with E-state index in [0.717, 1.165) is 11.0 Å². The van der Waals surface area contributed by atoms with Crippen LogP contribution in [0, 0.1) is 11.7 Å². The minimum absolute atomic E-state index is 0.0320. The number of hydrogen-bond donors (Lipinski definition) is 1. The number of hydrogen-bond acceptors (Lipinski definition) is 6. The maximum Gasteiger partial charge on any atom is 0.266 e. The summed E-state index contributed by atoms with van der Waals surface area (Å²) in [7, 11) is 1.24. The molecule has 1 amide bonds. The van der Waals surface area contributed by atoms with Crippen molar-refractivity contribution >= 4 is 29.2 Å². The lowest BCUT2D eigenvalue weighted by Crippen LogP contribution is -2.52. The average Bonchev–Trinajstić information content (AvgIpc) is 3.13. The van der Waals surface area contributed by atoms with Crippen molar-refractivity contribution in [1.82, 2.24) is 15.3 Å². The van der Waals surface area contributed by atoms with Crippen LogP contribution in [0.4, 0.5) is 13.2 Å². The van der Waals surface area contributed by atoms with Crippen molar-refractivity contribution in [2.45, 2.75) is 19.3 Å². The Hall–Kier alpha value is -2.59. The van der Waals surface area contributed by atoms with Gasteiger partial charge in [0.15, 0.2) is 11.6 Å². The standard InChI is InChI=1S/C19H19ClF3N5O2/c1-10-3-15(28-18(26-10)24-9-25-28)12-6-19(22,23)8-27(7-12)17(29)11-4-13(20)16(30-2)14(21)5-11/h3-5,12,25H,6-9H2,1-2H3. The number of guanidine groups is 1. The number of nitrogens with zero attached hydrogens (tertiary/aromatic N) is 4. The molecule has 0 aromatic heterocycles. The van der Waals surface area contributed by atoms with Gasteiger partial charge in [0.1, 0.15) is 6.67 Å². The van der Waals surface area contributed by atoms with Crippen molar-refractivity contribution in [3.8, 4) is 5.75 Å². The maximum atomic E-state index is 14.6. The number of carbonyl (C=O) groups excluding carboxylic acids is 1. The molecule has 11 heteroatoms. The predicted molar refractivity (Wildman–Crippen MR) is 105 cm³/mol. The fraction of sp³-hybridized carbons (Fsp3) is 0.421. The molecule has 3 aliphatic heterocycles. The van der Waals surface area contributed by atoms with Gasteiger partial charge in [-0.1, -0.05) is 11.6 Å². The molecule has 0 radical (unpaired) electrons. The van der Waals surface area contributed by atoms with Gasteiger partial charge in [-0.15, -0.1) is 0 Å². The van der Waals surface area contributed by atoms with Crippen LogP contribution in [0.25, 0.3) is 0 Å². The quantitative estimate of drug-likeness (QED) is 0.782. The van der Waals surface area contributed by atoms with Crippen LogP contribution in [0.15, 0.2) is 33.9 Å². The molecule has 1 atom stereocenters. The Morgan fingerprint density at radius 2 is 2.17 bits per heavy atom. The number of methoxy groups -OCH3 is 1. The van der Waals surface area contributed by atoms with Crippen LogP contribution in [0.5, 0.6) is 5.75 Å². The number of fused-ring (bicyclic) bond motifs is 1. The monoisotopic (exact) mass is 441 g/mol. The first-order chi connectivity index (χ1) is 14.2. The zero-order valence-electron chi connectivity index (χ0n) is 16.3. The van der Waals surface area contributed by atoms with E-state index in [4.69, 9.17) is 16.3 Å². The van der Waals surface area contributed by atoms with Gasteiger partial charge in [0.25, 0.3) is 11.8 Å². The van der Waals surface area contributed by atoms with Crippen molar-refractivity contribution < 1.29 is 22.7 Å². The van der Waals surface area contributed by atoms with Crippen molar-refractivity contribution in [3.63, 3.8) is 0 Å². The van der Waals surface area contributed by atoms with E-state index >= 15 is 0 Å². The summed E-state index contributed by atoms with van der Waals surface area (Å²) in [5, 5.41) is 1.47. The first kappa shape index (κ1) is 20.7. The second-order valence-electron chi connectivity index (χ2n) is 7.35. The summed E-state index contributed by atoms with van der Waals surface area (Å²) in [5.74, 6) is -5.15. The van der Waals surface area contributed by atoms with Gasteiger partial charge in [0.2, 0.25) is 5.96 Å². The Bertz CT molecular complexity index is 971. The van der Waals surface area contributed by atoms with Crippen molar-refractivity contribution in [1.29, 1.82) is 0 Å². The molecule has 7 nitrogen and oxygen atoms in total. The number of aliphatic imine (C=N–C) groups is 2. The van der Waals surface area contributed by atoms with E-state index in [1.54, 1.807) is 18.0 Å². The van der Waals surface area contributed by atoms with E-state index in [9.17, 15) is 18.0 Å². The topological polar surface area (TPSA) is 69.5 Å². The average molecular weight is 442 g/mol. The van der Waals surface area contributed by atoms with Gasteiger partial charge in [0.05, 0.1) is 18.7 Å². The Labute approximate surface area is 175 Å². The molecule has 0 spiro atoms. The number of benzene rings is 1. The molecule has 3 aliphatic rings. The molecule has 1 aromatic carbocycles. The lowest BCUT2D eigenvalue weighted by molar-refractivity contribution is -0.0724. The summed E-state index contributed by atoms with van der Waals surface area (Å²) in [6.07, 6.45) is 1.27. The molecule has 1 N–H and O–H groups in total. The van der Waals surface area contributed by atoms with Crippen LogP contribution < -0.4 is 10.2 Å². The number of hydrazine groups is 1. The minimum Gasteiger partial charge on any atom is -0.492 e. The summed E-state index contributed by atoms with van der Waals surface area (Å²) < 4.78 is 48.2. The molecule has 1 saturated heterocycles. The zero-order valence-corrected chi connectivity index (χ0v) is 17.0. The van der Waals surface area contributed by atoms with Gasteiger partial charge < -0.3 is 9.64 Å². The molecule has 30 heavy (non-hydrogen) atoms. The number of likely N-dealkylation sites (tertiary alicyclic amines) is 1. The highest BCUT2D eigenvalue weighted by Gasteiger charge is 2.45. The first-order valence-electron chi connectivity index (χ1n) is 9.23. The highest BCUT2D eigenvalue weighted by molar-refractivity contribution is 6.32. The normalized spacial score (nSPS) is 22.9. The third-order valence-electron chi connectivity index (χ3n) is 5.10. The second kappa shape index (κ2) is 7.59. The summed E-state index contributed by atoms with van der Waals surface area (Å²) in [5.41, 5.74) is 4.07. The smallest absolute Gasteiger partial charge is 0.266 e. The molecule has 1 aromatic rings. The summed E-state index contributed by atoms with van der Waals surface area (Å²) in [6.45, 7) is 1.32. The minimum atomic E-state index is -3.12. The van der Waals surface area contributed by atoms with Crippen LogP contribution in [0.2, 0.25) is 5.02 Å². The molecular formula is C19H19ClF3N5O2. The Morgan fingerprint density at radius 1 is 1.40 bits per heavy atom. The number of amides is 1.